The molecule has 0 aliphatic heterocycles. The highest BCUT2D eigenvalue weighted by Crippen LogP contribution is 2.22. The van der Waals surface area contributed by atoms with Crippen LogP contribution in [0.1, 0.15) is 17.3 Å². The fourth-order valence-electron chi connectivity index (χ4n) is 1.59. The summed E-state index contributed by atoms with van der Waals surface area (Å²) in [5.74, 6) is 0.0860. The van der Waals surface area contributed by atoms with Crippen LogP contribution in [0.2, 0.25) is 0 Å². The molecule has 15 heavy (non-hydrogen) atoms. The summed E-state index contributed by atoms with van der Waals surface area (Å²) < 4.78 is 0. The van der Waals surface area contributed by atoms with Crippen LogP contribution in [0.25, 0.3) is 11.1 Å². The van der Waals surface area contributed by atoms with Crippen LogP contribution in [0.15, 0.2) is 48.5 Å². The Labute approximate surface area is 89.4 Å². The van der Waals surface area contributed by atoms with E-state index in [1.165, 1.54) is 0 Å². The molecule has 1 nitrogen and oxygen atoms in total. The molecule has 0 aromatic heterocycles. The number of rotatable bonds is 2. The van der Waals surface area contributed by atoms with Crippen LogP contribution in [-0.2, 0) is 0 Å². The van der Waals surface area contributed by atoms with Crippen LogP contribution in [-0.4, -0.2) is 5.78 Å². The highest BCUT2D eigenvalue weighted by Gasteiger charge is 2.07. The summed E-state index contributed by atoms with van der Waals surface area (Å²) in [6, 6.07) is 18.4. The molecule has 0 unspecified atom stereocenters. The molecular formula is C14H11O. The van der Waals surface area contributed by atoms with Crippen molar-refractivity contribution in [2.75, 3.05) is 0 Å². The first-order valence-corrected chi connectivity index (χ1v) is 4.86. The number of ketones is 1. The summed E-state index contributed by atoms with van der Waals surface area (Å²) in [7, 11) is 0. The molecule has 0 saturated carbocycles. The van der Waals surface area contributed by atoms with Crippen molar-refractivity contribution in [3.8, 4) is 11.1 Å². The van der Waals surface area contributed by atoms with Crippen molar-refractivity contribution < 1.29 is 4.79 Å². The maximum absolute atomic E-state index is 11.4. The first kappa shape index (κ1) is 9.66. The third kappa shape index (κ3) is 1.96. The van der Waals surface area contributed by atoms with Crippen LogP contribution < -0.4 is 0 Å². The minimum absolute atomic E-state index is 0.0860. The second-order valence-corrected chi connectivity index (χ2v) is 3.38. The number of carbonyl (C=O) groups excluding carboxylic acids is 1. The highest BCUT2D eigenvalue weighted by molar-refractivity contribution is 6.00. The molecule has 2 aromatic rings. The molecule has 0 N–H and O–H groups in total. The van der Waals surface area contributed by atoms with E-state index in [-0.39, 0.29) is 5.78 Å². The molecule has 2 rings (SSSR count). The lowest BCUT2D eigenvalue weighted by atomic mass is 9.98. The molecule has 0 aliphatic rings. The molecule has 0 bridgehead atoms. The van der Waals surface area contributed by atoms with E-state index >= 15 is 0 Å². The predicted octanol–water partition coefficient (Wildman–Crippen LogP) is 3.36. The lowest BCUT2D eigenvalue weighted by Crippen LogP contribution is -1.95. The monoisotopic (exact) mass is 195 g/mol. The first-order chi connectivity index (χ1) is 7.29. The van der Waals surface area contributed by atoms with E-state index in [0.29, 0.717) is 0 Å². The summed E-state index contributed by atoms with van der Waals surface area (Å²) in [5.41, 5.74) is 2.66. The molecule has 0 spiro atoms. The Morgan fingerprint density at radius 1 is 1.07 bits per heavy atom. The fourth-order valence-corrected chi connectivity index (χ4v) is 1.59. The van der Waals surface area contributed by atoms with Crippen molar-refractivity contribution in [1.29, 1.82) is 0 Å². The molecule has 0 heterocycles. The van der Waals surface area contributed by atoms with Crippen molar-refractivity contribution in [3.05, 3.63) is 60.2 Å². The van der Waals surface area contributed by atoms with Gasteiger partial charge in [-0.15, -0.1) is 0 Å². The van der Waals surface area contributed by atoms with Crippen LogP contribution >= 0.6 is 0 Å². The molecule has 0 fully saturated rings. The number of hydrogen-bond donors (Lipinski definition) is 0. The van der Waals surface area contributed by atoms with Crippen molar-refractivity contribution >= 4 is 5.78 Å². The summed E-state index contributed by atoms with van der Waals surface area (Å²) in [5, 5.41) is 0. The highest BCUT2D eigenvalue weighted by atomic mass is 16.1. The second-order valence-electron chi connectivity index (χ2n) is 3.38. The van der Waals surface area contributed by atoms with E-state index in [0.717, 1.165) is 16.7 Å². The Balaban J connectivity index is 2.58. The third-order valence-electron chi connectivity index (χ3n) is 2.31. The Hall–Kier alpha value is -1.89. The smallest absolute Gasteiger partial charge is 0.160 e. The van der Waals surface area contributed by atoms with Gasteiger partial charge >= 0.3 is 0 Å². The summed E-state index contributed by atoms with van der Waals surface area (Å²) >= 11 is 0. The summed E-state index contributed by atoms with van der Waals surface area (Å²) in [6.45, 7) is 1.59. The topological polar surface area (TPSA) is 17.1 Å². The first-order valence-electron chi connectivity index (χ1n) is 4.86. The van der Waals surface area contributed by atoms with Gasteiger partial charge in [-0.05, 0) is 24.1 Å². The lowest BCUT2D eigenvalue weighted by Gasteiger charge is -2.05. The van der Waals surface area contributed by atoms with Crippen molar-refractivity contribution in [3.63, 3.8) is 0 Å². The van der Waals surface area contributed by atoms with Crippen LogP contribution in [0.4, 0.5) is 0 Å². The Kier molecular flexibility index (Phi) is 2.64. The quantitative estimate of drug-likeness (QED) is 0.671. The molecule has 0 atom stereocenters. The van der Waals surface area contributed by atoms with E-state index in [4.69, 9.17) is 0 Å². The molecular weight excluding hydrogens is 184 g/mol. The minimum atomic E-state index is 0.0860. The molecule has 1 heteroatoms. The van der Waals surface area contributed by atoms with Gasteiger partial charge in [0.2, 0.25) is 0 Å². The molecule has 73 valence electrons. The number of Topliss-reactive ketones (excluding diaryl/α,β-unsaturated/α-hetero) is 1. The maximum atomic E-state index is 11.4. The molecule has 1 radical (unpaired) electrons. The van der Waals surface area contributed by atoms with Gasteiger partial charge in [0, 0.05) is 5.56 Å². The van der Waals surface area contributed by atoms with E-state index in [2.05, 4.69) is 6.07 Å². The Morgan fingerprint density at radius 3 is 2.47 bits per heavy atom. The average molecular weight is 195 g/mol. The largest absolute Gasteiger partial charge is 0.294 e. The molecule has 2 aromatic carbocycles. The lowest BCUT2D eigenvalue weighted by molar-refractivity contribution is 0.101. The van der Waals surface area contributed by atoms with E-state index in [1.54, 1.807) is 6.92 Å². The van der Waals surface area contributed by atoms with Gasteiger partial charge in [0.15, 0.2) is 5.78 Å². The van der Waals surface area contributed by atoms with Crippen LogP contribution in [0.5, 0.6) is 0 Å². The van der Waals surface area contributed by atoms with Gasteiger partial charge in [0.05, 0.1) is 0 Å². The predicted molar refractivity (Wildman–Crippen MR) is 60.7 cm³/mol. The summed E-state index contributed by atoms with van der Waals surface area (Å²) in [6.07, 6.45) is 0. The van der Waals surface area contributed by atoms with E-state index < -0.39 is 0 Å². The van der Waals surface area contributed by atoms with Crippen LogP contribution in [0.3, 0.4) is 0 Å². The van der Waals surface area contributed by atoms with Crippen molar-refractivity contribution in [2.24, 2.45) is 0 Å². The second kappa shape index (κ2) is 4.09. The molecule has 0 saturated heterocycles. The van der Waals surface area contributed by atoms with Gasteiger partial charge in [-0.3, -0.25) is 4.79 Å². The van der Waals surface area contributed by atoms with Crippen molar-refractivity contribution in [2.45, 2.75) is 6.92 Å². The Bertz CT molecular complexity index is 472. The molecule has 0 amide bonds. The van der Waals surface area contributed by atoms with Gasteiger partial charge in [-0.2, -0.15) is 0 Å². The van der Waals surface area contributed by atoms with Gasteiger partial charge in [0.25, 0.3) is 0 Å². The average Bonchev–Trinajstić information content (AvgIpc) is 2.30. The van der Waals surface area contributed by atoms with Crippen molar-refractivity contribution in [1.82, 2.24) is 0 Å². The van der Waals surface area contributed by atoms with Crippen LogP contribution in [0, 0.1) is 6.07 Å². The normalized spacial score (nSPS) is 9.93. The number of carbonyl (C=O) groups is 1. The summed E-state index contributed by atoms with van der Waals surface area (Å²) in [4.78, 5) is 11.4. The zero-order valence-electron chi connectivity index (χ0n) is 8.53. The van der Waals surface area contributed by atoms with E-state index in [9.17, 15) is 4.79 Å². The standard InChI is InChI=1S/C14H11O/c1-11(15)13-9-5-6-10-14(13)12-7-3-2-4-8-12/h2-7,9-10H,1H3. The minimum Gasteiger partial charge on any atom is -0.294 e. The fraction of sp³-hybridized carbons (Fsp3) is 0.0714. The van der Waals surface area contributed by atoms with E-state index in [1.807, 2.05) is 48.5 Å². The maximum Gasteiger partial charge on any atom is 0.160 e. The number of benzene rings is 2. The van der Waals surface area contributed by atoms with Gasteiger partial charge in [0.1, 0.15) is 0 Å². The zero-order valence-corrected chi connectivity index (χ0v) is 8.53. The zero-order chi connectivity index (χ0) is 10.7. The third-order valence-corrected chi connectivity index (χ3v) is 2.31. The van der Waals surface area contributed by atoms with Gasteiger partial charge in [-0.25, -0.2) is 0 Å². The number of hydrogen-bond acceptors (Lipinski definition) is 1. The van der Waals surface area contributed by atoms with Gasteiger partial charge < -0.3 is 0 Å². The Morgan fingerprint density at radius 2 is 1.80 bits per heavy atom. The molecule has 0 aliphatic carbocycles. The van der Waals surface area contributed by atoms with Gasteiger partial charge in [-0.1, -0.05) is 48.5 Å². The SMILES string of the molecule is CC(=O)c1ccccc1-c1[c]cccc1.